The third-order valence-electron chi connectivity index (χ3n) is 4.72. The van der Waals surface area contributed by atoms with E-state index in [-0.39, 0.29) is 17.8 Å². The molecule has 146 valence electrons. The molecule has 28 heavy (non-hydrogen) atoms. The second kappa shape index (κ2) is 8.29. The van der Waals surface area contributed by atoms with Gasteiger partial charge in [-0.15, -0.1) is 0 Å². The summed E-state index contributed by atoms with van der Waals surface area (Å²) in [7, 11) is 0. The predicted octanol–water partition coefficient (Wildman–Crippen LogP) is 3.37. The van der Waals surface area contributed by atoms with Gasteiger partial charge in [-0.2, -0.15) is 0 Å². The molecule has 3 rings (SSSR count). The van der Waals surface area contributed by atoms with Crippen molar-refractivity contribution in [3.05, 3.63) is 53.2 Å². The van der Waals surface area contributed by atoms with Crippen LogP contribution < -0.4 is 10.2 Å². The normalized spacial score (nSPS) is 12.0. The Morgan fingerprint density at radius 1 is 1.14 bits per heavy atom. The number of rotatable bonds is 6. The number of aryl methyl sites for hydroxylation is 2. The van der Waals surface area contributed by atoms with Gasteiger partial charge >= 0.3 is 0 Å². The van der Waals surface area contributed by atoms with Crippen LogP contribution in [0.3, 0.4) is 0 Å². The van der Waals surface area contributed by atoms with Gasteiger partial charge < -0.3 is 10.2 Å². The molecule has 0 radical (unpaired) electrons. The third kappa shape index (κ3) is 3.93. The summed E-state index contributed by atoms with van der Waals surface area (Å²) in [5.41, 5.74) is 3.25. The average molecular weight is 378 g/mol. The maximum Gasteiger partial charge on any atom is 0.289 e. The molecule has 3 heterocycles. The standard InChI is InChI=1S/C21H26N6O/c1-6-27(7-2)20-17-13(3)12-14(4)23-18(17)25-19(26-20)21(28)24-15(5)16-10-8-9-11-22-16/h8-12,15H,6-7H2,1-5H3,(H,24,28)/t15-/m0/s1. The Morgan fingerprint density at radius 3 is 2.54 bits per heavy atom. The van der Waals surface area contributed by atoms with Gasteiger partial charge in [0.05, 0.1) is 17.1 Å². The molecule has 7 heteroatoms. The Morgan fingerprint density at radius 2 is 1.89 bits per heavy atom. The zero-order valence-electron chi connectivity index (χ0n) is 17.0. The van der Waals surface area contributed by atoms with E-state index < -0.39 is 0 Å². The Hall–Kier alpha value is -3.09. The minimum atomic E-state index is -0.339. The fraction of sp³-hybridized carbons (Fsp3) is 0.381. The Labute approximate surface area is 165 Å². The molecule has 0 fully saturated rings. The number of carbonyl (C=O) groups excluding carboxylic acids is 1. The number of nitrogens with zero attached hydrogens (tertiary/aromatic N) is 5. The van der Waals surface area contributed by atoms with Gasteiger partial charge in [0, 0.05) is 25.0 Å². The summed E-state index contributed by atoms with van der Waals surface area (Å²) in [6.07, 6.45) is 1.71. The molecule has 0 unspecified atom stereocenters. The molecule has 0 bridgehead atoms. The van der Waals surface area contributed by atoms with Crippen LogP contribution >= 0.6 is 0 Å². The molecule has 0 saturated heterocycles. The molecule has 7 nitrogen and oxygen atoms in total. The van der Waals surface area contributed by atoms with Crippen LogP contribution in [-0.4, -0.2) is 38.9 Å². The van der Waals surface area contributed by atoms with Crippen LogP contribution in [0.2, 0.25) is 0 Å². The highest BCUT2D eigenvalue weighted by atomic mass is 16.2. The van der Waals surface area contributed by atoms with Crippen molar-refractivity contribution in [2.24, 2.45) is 0 Å². The molecule has 0 aromatic carbocycles. The predicted molar refractivity (Wildman–Crippen MR) is 110 cm³/mol. The highest BCUT2D eigenvalue weighted by Crippen LogP contribution is 2.27. The number of aromatic nitrogens is 4. The fourth-order valence-corrected chi connectivity index (χ4v) is 3.28. The average Bonchev–Trinajstić information content (AvgIpc) is 2.68. The van der Waals surface area contributed by atoms with E-state index in [0.717, 1.165) is 41.2 Å². The summed E-state index contributed by atoms with van der Waals surface area (Å²) in [5.74, 6) is 0.528. The van der Waals surface area contributed by atoms with Crippen LogP contribution in [0.15, 0.2) is 30.5 Å². The quantitative estimate of drug-likeness (QED) is 0.708. The number of amides is 1. The van der Waals surface area contributed by atoms with Crippen molar-refractivity contribution in [1.82, 2.24) is 25.3 Å². The van der Waals surface area contributed by atoms with Crippen LogP contribution in [-0.2, 0) is 0 Å². The zero-order valence-corrected chi connectivity index (χ0v) is 17.0. The first kappa shape index (κ1) is 19.7. The summed E-state index contributed by atoms with van der Waals surface area (Å²) in [4.78, 5) is 33.0. The Bertz CT molecular complexity index is 985. The molecule has 1 atom stereocenters. The van der Waals surface area contributed by atoms with Crippen LogP contribution in [0.5, 0.6) is 0 Å². The van der Waals surface area contributed by atoms with E-state index in [1.807, 2.05) is 45.0 Å². The van der Waals surface area contributed by atoms with Crippen molar-refractivity contribution in [3.63, 3.8) is 0 Å². The molecule has 3 aromatic heterocycles. The highest BCUT2D eigenvalue weighted by Gasteiger charge is 2.21. The summed E-state index contributed by atoms with van der Waals surface area (Å²) < 4.78 is 0. The summed E-state index contributed by atoms with van der Waals surface area (Å²) in [5, 5.41) is 3.83. The summed E-state index contributed by atoms with van der Waals surface area (Å²) >= 11 is 0. The number of carbonyl (C=O) groups is 1. The van der Waals surface area contributed by atoms with Gasteiger partial charge in [-0.25, -0.2) is 15.0 Å². The first-order valence-electron chi connectivity index (χ1n) is 9.57. The van der Waals surface area contributed by atoms with Gasteiger partial charge in [0.2, 0.25) is 5.82 Å². The lowest BCUT2D eigenvalue weighted by Crippen LogP contribution is -2.30. The van der Waals surface area contributed by atoms with Crippen LogP contribution in [0.1, 0.15) is 54.4 Å². The molecule has 0 spiro atoms. The van der Waals surface area contributed by atoms with E-state index in [4.69, 9.17) is 0 Å². The van der Waals surface area contributed by atoms with Gasteiger partial charge in [-0.3, -0.25) is 9.78 Å². The van der Waals surface area contributed by atoms with E-state index in [9.17, 15) is 4.79 Å². The lowest BCUT2D eigenvalue weighted by Gasteiger charge is -2.23. The van der Waals surface area contributed by atoms with Gasteiger partial charge in [-0.05, 0) is 58.4 Å². The molecule has 0 aliphatic rings. The lowest BCUT2D eigenvalue weighted by molar-refractivity contribution is 0.0929. The third-order valence-corrected chi connectivity index (χ3v) is 4.72. The topological polar surface area (TPSA) is 83.9 Å². The first-order chi connectivity index (χ1) is 13.4. The molecular formula is C21H26N6O. The van der Waals surface area contributed by atoms with Crippen molar-refractivity contribution in [2.75, 3.05) is 18.0 Å². The number of hydrogen-bond acceptors (Lipinski definition) is 6. The minimum Gasteiger partial charge on any atom is -0.356 e. The zero-order chi connectivity index (χ0) is 20.3. The van der Waals surface area contributed by atoms with E-state index in [0.29, 0.717) is 5.65 Å². The van der Waals surface area contributed by atoms with E-state index in [2.05, 4.69) is 44.0 Å². The molecule has 1 amide bonds. The van der Waals surface area contributed by atoms with Crippen molar-refractivity contribution >= 4 is 22.8 Å². The Balaban J connectivity index is 2.04. The van der Waals surface area contributed by atoms with Crippen molar-refractivity contribution in [2.45, 2.75) is 40.7 Å². The second-order valence-corrected chi connectivity index (χ2v) is 6.77. The Kier molecular flexibility index (Phi) is 5.82. The molecule has 3 aromatic rings. The van der Waals surface area contributed by atoms with Gasteiger partial charge in [0.25, 0.3) is 5.91 Å². The van der Waals surface area contributed by atoms with Gasteiger partial charge in [0.1, 0.15) is 5.82 Å². The SMILES string of the molecule is CCN(CC)c1nc(C(=O)N[C@@H](C)c2ccccn2)nc2nc(C)cc(C)c12. The lowest BCUT2D eigenvalue weighted by atomic mass is 10.1. The molecule has 0 aliphatic carbocycles. The van der Waals surface area contributed by atoms with Crippen LogP contribution in [0.4, 0.5) is 5.82 Å². The number of anilines is 1. The van der Waals surface area contributed by atoms with Crippen LogP contribution in [0, 0.1) is 13.8 Å². The number of fused-ring (bicyclic) bond motifs is 1. The monoisotopic (exact) mass is 378 g/mol. The minimum absolute atomic E-state index is 0.120. The van der Waals surface area contributed by atoms with Crippen molar-refractivity contribution in [1.29, 1.82) is 0 Å². The largest absolute Gasteiger partial charge is 0.356 e. The number of hydrogen-bond donors (Lipinski definition) is 1. The fourth-order valence-electron chi connectivity index (χ4n) is 3.28. The number of nitrogens with one attached hydrogen (secondary N) is 1. The first-order valence-corrected chi connectivity index (χ1v) is 9.57. The summed E-state index contributed by atoms with van der Waals surface area (Å²) in [6.45, 7) is 11.5. The maximum atomic E-state index is 12.9. The van der Waals surface area contributed by atoms with Crippen LogP contribution in [0.25, 0.3) is 11.0 Å². The summed E-state index contributed by atoms with van der Waals surface area (Å²) in [6, 6.07) is 7.38. The second-order valence-electron chi connectivity index (χ2n) is 6.77. The van der Waals surface area contributed by atoms with Crippen molar-refractivity contribution < 1.29 is 4.79 Å². The molecule has 1 N–H and O–H groups in total. The van der Waals surface area contributed by atoms with Gasteiger partial charge in [0.15, 0.2) is 5.65 Å². The van der Waals surface area contributed by atoms with Gasteiger partial charge in [-0.1, -0.05) is 6.07 Å². The van der Waals surface area contributed by atoms with E-state index >= 15 is 0 Å². The molecular weight excluding hydrogens is 352 g/mol. The van der Waals surface area contributed by atoms with Crippen molar-refractivity contribution in [3.8, 4) is 0 Å². The number of pyridine rings is 2. The smallest absolute Gasteiger partial charge is 0.289 e. The van der Waals surface area contributed by atoms with E-state index in [1.165, 1.54) is 0 Å². The molecule has 0 saturated carbocycles. The molecule has 0 aliphatic heterocycles. The maximum absolute atomic E-state index is 12.9. The highest BCUT2D eigenvalue weighted by molar-refractivity contribution is 5.97. The van der Waals surface area contributed by atoms with E-state index in [1.54, 1.807) is 6.20 Å².